The molecule has 0 radical (unpaired) electrons. The van der Waals surface area contributed by atoms with Crippen LogP contribution in [-0.4, -0.2) is 23.3 Å². The summed E-state index contributed by atoms with van der Waals surface area (Å²) in [5.41, 5.74) is 3.34. The summed E-state index contributed by atoms with van der Waals surface area (Å²) in [6.07, 6.45) is 3.00. The Morgan fingerprint density at radius 1 is 1.35 bits per heavy atom. The van der Waals surface area contributed by atoms with Gasteiger partial charge in [-0.3, -0.25) is 10.0 Å². The smallest absolute Gasteiger partial charge is 0.246 e. The third-order valence-corrected chi connectivity index (χ3v) is 3.12. The highest BCUT2D eigenvalue weighted by Crippen LogP contribution is 2.17. The summed E-state index contributed by atoms with van der Waals surface area (Å²) in [5.74, 6) is -0.738. The van der Waals surface area contributed by atoms with Gasteiger partial charge in [0.05, 0.1) is 0 Å². The van der Waals surface area contributed by atoms with E-state index in [1.54, 1.807) is 24.5 Å². The normalized spacial score (nSPS) is 11.3. The number of aryl methyl sites for hydroxylation is 2. The zero-order chi connectivity index (χ0) is 15.5. The molecule has 1 atom stereocenters. The van der Waals surface area contributed by atoms with Crippen molar-refractivity contribution in [1.82, 2.24) is 5.48 Å². The Morgan fingerprint density at radius 2 is 2.00 bits per heavy atom. The number of hydrogen-bond acceptors (Lipinski definition) is 3. The average Bonchev–Trinajstić information content (AvgIpc) is 2.48. The molecule has 114 valence electrons. The fourth-order valence-electron chi connectivity index (χ4n) is 2.05. The number of aliphatic hydroxyl groups is 1. The minimum absolute atomic E-state index is 0.189. The van der Waals surface area contributed by atoms with E-state index in [0.717, 1.165) is 25.5 Å². The number of rotatable bonds is 6. The standard InChI is InChI=1S/C14H20FNO2.CH4O/c1-3-4-12(14(17)16-18)7-5-11-6-8-13(15)10(2)9-11;1-2/h6,8-9,12,18H,3-5,7H2,1-2H3,(H,16,17);2H,1H3. The Kier molecular flexibility index (Phi) is 9.59. The van der Waals surface area contributed by atoms with Crippen LogP contribution in [0, 0.1) is 18.7 Å². The number of carbonyl (C=O) groups is 1. The van der Waals surface area contributed by atoms with Gasteiger partial charge in [-0.1, -0.05) is 25.5 Å². The molecule has 0 aromatic heterocycles. The number of aliphatic hydroxyl groups excluding tert-OH is 1. The molecule has 0 bridgehead atoms. The molecule has 0 saturated carbocycles. The first-order valence-corrected chi connectivity index (χ1v) is 6.72. The molecule has 1 rings (SSSR count). The van der Waals surface area contributed by atoms with Crippen molar-refractivity contribution >= 4 is 5.91 Å². The number of amides is 1. The van der Waals surface area contributed by atoms with Crippen LogP contribution in [0.15, 0.2) is 18.2 Å². The van der Waals surface area contributed by atoms with Crippen LogP contribution in [0.2, 0.25) is 0 Å². The molecule has 0 heterocycles. The van der Waals surface area contributed by atoms with E-state index in [9.17, 15) is 9.18 Å². The maximum absolute atomic E-state index is 13.1. The molecule has 1 aromatic rings. The summed E-state index contributed by atoms with van der Waals surface area (Å²) in [6.45, 7) is 3.72. The molecular weight excluding hydrogens is 261 g/mol. The highest BCUT2D eigenvalue weighted by Gasteiger charge is 2.16. The van der Waals surface area contributed by atoms with Crippen molar-refractivity contribution in [3.63, 3.8) is 0 Å². The first kappa shape index (κ1) is 18.5. The Hall–Kier alpha value is -1.46. The summed E-state index contributed by atoms with van der Waals surface area (Å²) in [6, 6.07) is 4.99. The van der Waals surface area contributed by atoms with Crippen molar-refractivity contribution in [2.24, 2.45) is 5.92 Å². The number of halogens is 1. The van der Waals surface area contributed by atoms with Crippen LogP contribution < -0.4 is 5.48 Å². The van der Waals surface area contributed by atoms with Crippen molar-refractivity contribution in [1.29, 1.82) is 0 Å². The van der Waals surface area contributed by atoms with Gasteiger partial charge in [-0.2, -0.15) is 0 Å². The third kappa shape index (κ3) is 6.12. The predicted octanol–water partition coefficient (Wildman–Crippen LogP) is 2.60. The van der Waals surface area contributed by atoms with E-state index >= 15 is 0 Å². The van der Waals surface area contributed by atoms with Gasteiger partial charge < -0.3 is 5.11 Å². The molecule has 1 aromatic carbocycles. The molecule has 1 amide bonds. The zero-order valence-corrected chi connectivity index (χ0v) is 12.3. The number of carbonyl (C=O) groups excluding carboxylic acids is 1. The number of hydrogen-bond donors (Lipinski definition) is 3. The highest BCUT2D eigenvalue weighted by atomic mass is 19.1. The summed E-state index contributed by atoms with van der Waals surface area (Å²) in [7, 11) is 1.00. The lowest BCUT2D eigenvalue weighted by Crippen LogP contribution is -2.28. The van der Waals surface area contributed by atoms with E-state index in [1.807, 2.05) is 6.92 Å². The minimum Gasteiger partial charge on any atom is -0.400 e. The van der Waals surface area contributed by atoms with Gasteiger partial charge in [0.1, 0.15) is 5.82 Å². The van der Waals surface area contributed by atoms with E-state index in [0.29, 0.717) is 18.4 Å². The van der Waals surface area contributed by atoms with E-state index in [4.69, 9.17) is 10.3 Å². The van der Waals surface area contributed by atoms with Crippen LogP contribution in [-0.2, 0) is 11.2 Å². The van der Waals surface area contributed by atoms with Crippen molar-refractivity contribution in [3.05, 3.63) is 35.1 Å². The van der Waals surface area contributed by atoms with Gasteiger partial charge in [-0.05, 0) is 43.4 Å². The molecular formula is C15H24FNO3. The molecule has 1 unspecified atom stereocenters. The van der Waals surface area contributed by atoms with Gasteiger partial charge in [0.2, 0.25) is 5.91 Å². The lowest BCUT2D eigenvalue weighted by molar-refractivity contribution is -0.133. The Bertz CT molecular complexity index is 410. The van der Waals surface area contributed by atoms with E-state index in [-0.39, 0.29) is 17.6 Å². The largest absolute Gasteiger partial charge is 0.400 e. The quantitative estimate of drug-likeness (QED) is 0.556. The first-order chi connectivity index (χ1) is 9.58. The lowest BCUT2D eigenvalue weighted by atomic mass is 9.94. The first-order valence-electron chi connectivity index (χ1n) is 6.72. The minimum atomic E-state index is -0.337. The average molecular weight is 285 g/mol. The molecule has 20 heavy (non-hydrogen) atoms. The third-order valence-electron chi connectivity index (χ3n) is 3.12. The molecule has 0 spiro atoms. The van der Waals surface area contributed by atoms with Crippen LogP contribution in [0.3, 0.4) is 0 Å². The second kappa shape index (κ2) is 10.3. The summed E-state index contributed by atoms with van der Waals surface area (Å²) >= 11 is 0. The lowest BCUT2D eigenvalue weighted by Gasteiger charge is -2.13. The summed E-state index contributed by atoms with van der Waals surface area (Å²) in [5, 5.41) is 15.7. The summed E-state index contributed by atoms with van der Waals surface area (Å²) < 4.78 is 13.1. The topological polar surface area (TPSA) is 69.6 Å². The maximum Gasteiger partial charge on any atom is 0.246 e. The SMILES string of the molecule is CCCC(CCc1ccc(F)c(C)c1)C(=O)NO.CO. The fourth-order valence-corrected chi connectivity index (χ4v) is 2.05. The van der Waals surface area contributed by atoms with Crippen LogP contribution in [0.1, 0.15) is 37.3 Å². The second-order valence-electron chi connectivity index (χ2n) is 4.58. The van der Waals surface area contributed by atoms with Crippen molar-refractivity contribution in [2.75, 3.05) is 7.11 Å². The van der Waals surface area contributed by atoms with Crippen LogP contribution >= 0.6 is 0 Å². The number of nitrogens with one attached hydrogen (secondary N) is 1. The molecule has 0 aliphatic heterocycles. The maximum atomic E-state index is 13.1. The summed E-state index contributed by atoms with van der Waals surface area (Å²) in [4.78, 5) is 11.4. The Morgan fingerprint density at radius 3 is 2.50 bits per heavy atom. The van der Waals surface area contributed by atoms with Crippen molar-refractivity contribution in [3.8, 4) is 0 Å². The van der Waals surface area contributed by atoms with E-state index in [2.05, 4.69) is 0 Å². The van der Waals surface area contributed by atoms with Crippen LogP contribution in [0.5, 0.6) is 0 Å². The van der Waals surface area contributed by atoms with E-state index in [1.165, 1.54) is 6.07 Å². The van der Waals surface area contributed by atoms with Gasteiger partial charge in [0, 0.05) is 13.0 Å². The molecule has 5 heteroatoms. The van der Waals surface area contributed by atoms with Gasteiger partial charge >= 0.3 is 0 Å². The molecule has 4 nitrogen and oxygen atoms in total. The van der Waals surface area contributed by atoms with Gasteiger partial charge in [-0.25, -0.2) is 9.87 Å². The molecule has 0 aliphatic rings. The second-order valence-corrected chi connectivity index (χ2v) is 4.58. The number of benzene rings is 1. The Balaban J connectivity index is 0.00000172. The zero-order valence-electron chi connectivity index (χ0n) is 12.3. The van der Waals surface area contributed by atoms with Gasteiger partial charge in [0.25, 0.3) is 0 Å². The predicted molar refractivity (Wildman–Crippen MR) is 75.9 cm³/mol. The van der Waals surface area contributed by atoms with Gasteiger partial charge in [-0.15, -0.1) is 0 Å². The van der Waals surface area contributed by atoms with Gasteiger partial charge in [0.15, 0.2) is 0 Å². The van der Waals surface area contributed by atoms with Crippen LogP contribution in [0.4, 0.5) is 4.39 Å². The highest BCUT2D eigenvalue weighted by molar-refractivity contribution is 5.77. The monoisotopic (exact) mass is 285 g/mol. The molecule has 3 N–H and O–H groups in total. The van der Waals surface area contributed by atoms with Crippen molar-refractivity contribution in [2.45, 2.75) is 39.5 Å². The van der Waals surface area contributed by atoms with Crippen LogP contribution in [0.25, 0.3) is 0 Å². The molecule has 0 fully saturated rings. The molecule has 0 aliphatic carbocycles. The van der Waals surface area contributed by atoms with E-state index < -0.39 is 0 Å². The fraction of sp³-hybridized carbons (Fsp3) is 0.533. The van der Waals surface area contributed by atoms with Crippen molar-refractivity contribution < 1.29 is 19.5 Å². The Labute approximate surface area is 119 Å². The number of hydroxylamine groups is 1. The molecule has 0 saturated heterocycles.